The summed E-state index contributed by atoms with van der Waals surface area (Å²) in [6.45, 7) is 8.25. The molecule has 11 heterocycles. The van der Waals surface area contributed by atoms with E-state index in [0.717, 1.165) is 175 Å². The maximum atomic E-state index is 6.85. The average molecular weight is 1940 g/mol. The van der Waals surface area contributed by atoms with E-state index < -0.39 is 18.3 Å². The highest BCUT2D eigenvalue weighted by Crippen LogP contribution is 2.47. The number of para-hydroxylation sites is 6. The SMILES string of the molecule is CC1(C)OB(c2ccc3c(c2)oc2c(-c4nc(-c5ccccc5)nc(-c5ccc6c7ccccc7n(-c7ccccc7)c6c5)n4)cccc23)OC1(C)C.Clc1nc(-c2ccccc2)c2sc3ccccc3c2n1.[I-].c1ccc(-c2nc(-c3ccc4c5ccccc5n(-c5ccccc5)c4c3)nc(-c3cccc4c3oc3cc(-c5nc(-c6ccccc6)c6sc7ccccc7c6n5)ccc34)n2)cc1. The number of thiophene rings is 2. The van der Waals surface area contributed by atoms with E-state index in [1.54, 1.807) is 22.7 Å². The monoisotopic (exact) mass is 1940 g/mol. The molecule has 0 saturated carbocycles. The van der Waals surface area contributed by atoms with Crippen molar-refractivity contribution in [1.29, 1.82) is 0 Å². The maximum Gasteiger partial charge on any atom is 0.494 e. The summed E-state index contributed by atoms with van der Waals surface area (Å²) in [4.78, 5) is 50.1. The van der Waals surface area contributed by atoms with E-state index in [1.165, 1.54) is 20.2 Å². The van der Waals surface area contributed by atoms with Gasteiger partial charge in [0.2, 0.25) is 5.28 Å². The van der Waals surface area contributed by atoms with Gasteiger partial charge in [-0.25, -0.2) is 49.8 Å². The largest absolute Gasteiger partial charge is 1.00 e. The van der Waals surface area contributed by atoms with Gasteiger partial charge in [-0.15, -0.1) is 22.7 Å². The van der Waals surface area contributed by atoms with Crippen LogP contribution in [0.3, 0.4) is 0 Å². The third kappa shape index (κ3) is 15.0. The minimum absolute atomic E-state index is 0. The van der Waals surface area contributed by atoms with Crippen LogP contribution in [-0.4, -0.2) is 77.3 Å². The molecule has 16 nitrogen and oxygen atoms in total. The van der Waals surface area contributed by atoms with Gasteiger partial charge in [-0.3, -0.25) is 0 Å². The molecule has 1 fully saturated rings. The lowest BCUT2D eigenvalue weighted by Crippen LogP contribution is -3.00. The van der Waals surface area contributed by atoms with E-state index in [-0.39, 0.29) is 24.0 Å². The molecular weight excluding hydrogens is 1860 g/mol. The first kappa shape index (κ1) is 84.3. The molecule has 1 saturated heterocycles. The molecule has 27 rings (SSSR count). The molecule has 1 aliphatic heterocycles. The Morgan fingerprint density at radius 1 is 0.270 bits per heavy atom. The van der Waals surface area contributed by atoms with Crippen LogP contribution in [0.15, 0.2) is 397 Å². The van der Waals surface area contributed by atoms with Gasteiger partial charge in [0.1, 0.15) is 22.3 Å². The van der Waals surface area contributed by atoms with Crippen LogP contribution >= 0.6 is 34.3 Å². The number of hydrogen-bond acceptors (Lipinski definition) is 16. The summed E-state index contributed by atoms with van der Waals surface area (Å²) < 4.78 is 35.4. The maximum absolute atomic E-state index is 6.85. The van der Waals surface area contributed by atoms with Crippen molar-refractivity contribution < 1.29 is 42.1 Å². The number of benzene rings is 16. The van der Waals surface area contributed by atoms with Crippen molar-refractivity contribution in [1.82, 2.24) is 59.0 Å². The molecule has 21 heteroatoms. The van der Waals surface area contributed by atoms with Crippen LogP contribution < -0.4 is 29.4 Å². The number of nitrogens with zero attached hydrogens (tertiary/aromatic N) is 12. The molecule has 16 aromatic carbocycles. The van der Waals surface area contributed by atoms with Gasteiger partial charge in [-0.05, 0) is 136 Å². The molecule has 1 aliphatic rings. The number of fused-ring (bicyclic) bond motifs is 18. The highest BCUT2D eigenvalue weighted by molar-refractivity contribution is 7.26. The lowest BCUT2D eigenvalue weighted by molar-refractivity contribution is -0.0000296. The number of halogens is 2. The summed E-state index contributed by atoms with van der Waals surface area (Å²) in [5.41, 5.74) is 21.4. The van der Waals surface area contributed by atoms with Crippen LogP contribution in [-0.2, 0) is 9.31 Å². The normalized spacial score (nSPS) is 13.0. The lowest BCUT2D eigenvalue weighted by atomic mass is 9.79. The highest BCUT2D eigenvalue weighted by atomic mass is 127. The van der Waals surface area contributed by atoms with E-state index in [2.05, 4.69) is 283 Å². The molecule has 0 spiro atoms. The zero-order valence-corrected chi connectivity index (χ0v) is 78.6. The summed E-state index contributed by atoms with van der Waals surface area (Å²) >= 11 is 9.55. The Balaban J connectivity index is 0.000000125. The molecule has 0 radical (unpaired) electrons. The summed E-state index contributed by atoms with van der Waals surface area (Å²) in [6.07, 6.45) is 0. The number of hydrogen-bond donors (Lipinski definition) is 0. The van der Waals surface area contributed by atoms with Gasteiger partial charge in [0.25, 0.3) is 0 Å². The predicted molar refractivity (Wildman–Crippen MR) is 556 cm³/mol. The van der Waals surface area contributed by atoms with Gasteiger partial charge in [0, 0.05) is 114 Å². The molecule has 0 aliphatic carbocycles. The first-order valence-electron chi connectivity index (χ1n) is 45.0. The summed E-state index contributed by atoms with van der Waals surface area (Å²) in [7, 11) is -0.491. The van der Waals surface area contributed by atoms with Gasteiger partial charge in [0.15, 0.2) is 40.8 Å². The fraction of sp³-hybridized carbons (Fsp3) is 0.0517. The van der Waals surface area contributed by atoms with Crippen molar-refractivity contribution in [2.45, 2.75) is 38.9 Å². The van der Waals surface area contributed by atoms with Crippen molar-refractivity contribution in [3.63, 3.8) is 0 Å². The lowest BCUT2D eigenvalue weighted by Gasteiger charge is -2.32. The van der Waals surface area contributed by atoms with Crippen LogP contribution in [0.25, 0.3) is 242 Å². The molecule has 654 valence electrons. The number of furan rings is 2. The van der Waals surface area contributed by atoms with Crippen LogP contribution in [0.1, 0.15) is 27.7 Å². The number of aromatic nitrogens is 12. The van der Waals surface area contributed by atoms with Crippen molar-refractivity contribution in [3.8, 4) is 114 Å². The third-order valence-electron chi connectivity index (χ3n) is 26.0. The molecule has 0 unspecified atom stereocenters. The van der Waals surface area contributed by atoms with Gasteiger partial charge in [0.05, 0.1) is 76.2 Å². The van der Waals surface area contributed by atoms with Crippen molar-refractivity contribution in [3.05, 3.63) is 394 Å². The fourth-order valence-electron chi connectivity index (χ4n) is 18.7. The Morgan fingerprint density at radius 3 is 1.08 bits per heavy atom. The van der Waals surface area contributed by atoms with Gasteiger partial charge < -0.3 is 51.3 Å². The summed E-state index contributed by atoms with van der Waals surface area (Å²) in [6, 6.07) is 133. The van der Waals surface area contributed by atoms with Crippen LogP contribution in [0, 0.1) is 0 Å². The molecule has 0 N–H and O–H groups in total. The second-order valence-corrected chi connectivity index (χ2v) is 37.3. The topological polar surface area (TPSA) is 183 Å². The molecule has 10 aromatic heterocycles. The van der Waals surface area contributed by atoms with E-state index in [4.69, 9.17) is 69.6 Å². The Morgan fingerprint density at radius 2 is 0.613 bits per heavy atom. The van der Waals surface area contributed by atoms with Crippen molar-refractivity contribution in [2.75, 3.05) is 0 Å². The Bertz CT molecular complexity index is 9230. The predicted octanol–water partition coefficient (Wildman–Crippen LogP) is 26.7. The van der Waals surface area contributed by atoms with E-state index >= 15 is 0 Å². The zero-order valence-electron chi connectivity index (χ0n) is 74.1. The molecule has 0 atom stereocenters. The molecule has 0 bridgehead atoms. The molecule has 0 amide bonds. The quantitative estimate of drug-likeness (QED) is 0.0639. The van der Waals surface area contributed by atoms with E-state index in [1.807, 2.05) is 152 Å². The first-order valence-corrected chi connectivity index (χ1v) is 47.0. The molecule has 26 aromatic rings. The third-order valence-corrected chi connectivity index (χ3v) is 28.5. The smallest absolute Gasteiger partial charge is 0.494 e. The standard InChI is InChI=1S/C55H32N6OS.C45H35BN4O3.C16H9ClN2S.HI/c1-4-15-33(16-5-1)48-51-49(42-22-11-13-26-47(42)63-51)57-53(56-48)36-28-30-40-41-23-14-24-43(50(41)62-46(40)32-36)55-59-52(34-17-6-2-7-18-34)58-54(60-55)35-27-29-39-38-21-10-12-25-44(38)61(45(39)31-35)37-19-8-3-9-20-37;1-44(2)45(3,4)53-46(52-44)30-23-25-34-35-19-13-20-36(40(35)51-39(34)27-30)43-48-41(28-14-7-5-8-15-28)47-42(49-43)29-22-24-33-32-18-11-12-21-37(32)50(38(33)26-29)31-16-9-6-10-17-31;17-16-18-13(10-6-2-1-3-7-10)15-14(19-16)11-8-4-5-9-12(11)20-15;/h1-32H;5-27H,1-4H3;1-9H;1H/p-1. The minimum Gasteiger partial charge on any atom is -1.00 e. The average Bonchev–Trinajstić information content (AvgIpc) is 1.60. The van der Waals surface area contributed by atoms with Gasteiger partial charge in [-0.1, -0.05) is 297 Å². The van der Waals surface area contributed by atoms with Crippen LogP contribution in [0.5, 0.6) is 0 Å². The summed E-state index contributed by atoms with van der Waals surface area (Å²) in [5, 5.41) is 11.2. The van der Waals surface area contributed by atoms with Crippen LogP contribution in [0.2, 0.25) is 5.28 Å². The van der Waals surface area contributed by atoms with Gasteiger partial charge >= 0.3 is 7.12 Å². The van der Waals surface area contributed by atoms with Crippen LogP contribution in [0.4, 0.5) is 0 Å². The fourth-order valence-corrected chi connectivity index (χ4v) is 21.2. The van der Waals surface area contributed by atoms with Crippen molar-refractivity contribution in [2.24, 2.45) is 0 Å². The van der Waals surface area contributed by atoms with Gasteiger partial charge in [-0.2, -0.15) is 0 Å². The second-order valence-electron chi connectivity index (χ2n) is 34.8. The Kier molecular flexibility index (Phi) is 21.2. The Hall–Kier alpha value is -15.7. The van der Waals surface area contributed by atoms with E-state index in [0.29, 0.717) is 57.2 Å². The minimum atomic E-state index is -0.491. The van der Waals surface area contributed by atoms with Crippen molar-refractivity contribution >= 4 is 175 Å². The zero-order chi connectivity index (χ0) is 90.9. The number of rotatable bonds is 12. The molecule has 137 heavy (non-hydrogen) atoms. The second kappa shape index (κ2) is 34.4. The summed E-state index contributed by atoms with van der Waals surface area (Å²) in [5.74, 6) is 4.03. The Labute approximate surface area is 815 Å². The first-order chi connectivity index (χ1) is 66.8. The molecular formula is C116H76BClIN12O4S2-. The van der Waals surface area contributed by atoms with E-state index in [9.17, 15) is 0 Å². The highest BCUT2D eigenvalue weighted by Gasteiger charge is 2.52.